The highest BCUT2D eigenvalue weighted by molar-refractivity contribution is 5.82. The van der Waals surface area contributed by atoms with E-state index >= 15 is 0 Å². The molecular formula is C16H30N2O2. The maximum Gasteiger partial charge on any atom is 0.137 e. The zero-order valence-electron chi connectivity index (χ0n) is 13.4. The molecule has 4 nitrogen and oxygen atoms in total. The van der Waals surface area contributed by atoms with E-state index in [0.717, 1.165) is 45.3 Å². The molecule has 1 aliphatic heterocycles. The van der Waals surface area contributed by atoms with Crippen LogP contribution in [0.25, 0.3) is 0 Å². The van der Waals surface area contributed by atoms with Crippen molar-refractivity contribution < 1.29 is 9.90 Å². The Hall–Kier alpha value is -0.450. The number of carbonyl (C=O) groups is 1. The molecule has 2 fully saturated rings. The number of likely N-dealkylation sites (N-methyl/N-ethyl adjacent to an activating group) is 1. The Morgan fingerprint density at radius 3 is 2.75 bits per heavy atom. The van der Waals surface area contributed by atoms with Crippen molar-refractivity contribution in [1.82, 2.24) is 9.80 Å². The van der Waals surface area contributed by atoms with Gasteiger partial charge in [-0.25, -0.2) is 0 Å². The van der Waals surface area contributed by atoms with Gasteiger partial charge in [-0.1, -0.05) is 13.8 Å². The van der Waals surface area contributed by atoms with Gasteiger partial charge in [-0.3, -0.25) is 9.69 Å². The van der Waals surface area contributed by atoms with Gasteiger partial charge >= 0.3 is 0 Å². The molecule has 116 valence electrons. The SMILES string of the molecule is CN(C)CC1CC(O)CN1CC1CC(C)(C)CCC1=O. The van der Waals surface area contributed by atoms with Crippen LogP contribution in [0.5, 0.6) is 0 Å². The molecule has 1 saturated carbocycles. The first-order valence-electron chi connectivity index (χ1n) is 7.86. The van der Waals surface area contributed by atoms with Gasteiger partial charge in [-0.15, -0.1) is 0 Å². The van der Waals surface area contributed by atoms with Gasteiger partial charge in [0, 0.05) is 38.0 Å². The second-order valence-corrected chi connectivity index (χ2v) is 7.79. The molecule has 3 atom stereocenters. The molecule has 1 saturated heterocycles. The highest BCUT2D eigenvalue weighted by atomic mass is 16.3. The summed E-state index contributed by atoms with van der Waals surface area (Å²) in [5, 5.41) is 9.94. The second kappa shape index (κ2) is 6.12. The maximum atomic E-state index is 12.2. The summed E-state index contributed by atoms with van der Waals surface area (Å²) in [6.45, 7) is 7.05. The highest BCUT2D eigenvalue weighted by Crippen LogP contribution is 2.37. The molecule has 2 rings (SSSR count). The van der Waals surface area contributed by atoms with E-state index in [2.05, 4.69) is 37.7 Å². The van der Waals surface area contributed by atoms with Crippen LogP contribution in [0.4, 0.5) is 0 Å². The first-order chi connectivity index (χ1) is 9.27. The smallest absolute Gasteiger partial charge is 0.137 e. The second-order valence-electron chi connectivity index (χ2n) is 7.79. The molecule has 4 heteroatoms. The van der Waals surface area contributed by atoms with E-state index in [1.807, 2.05) is 0 Å². The topological polar surface area (TPSA) is 43.8 Å². The monoisotopic (exact) mass is 282 g/mol. The largest absolute Gasteiger partial charge is 0.392 e. The Morgan fingerprint density at radius 1 is 1.40 bits per heavy atom. The summed E-state index contributed by atoms with van der Waals surface area (Å²) in [4.78, 5) is 16.7. The van der Waals surface area contributed by atoms with Crippen LogP contribution in [-0.4, -0.2) is 66.6 Å². The fraction of sp³-hybridized carbons (Fsp3) is 0.938. The van der Waals surface area contributed by atoms with E-state index in [0.29, 0.717) is 11.8 Å². The van der Waals surface area contributed by atoms with Crippen LogP contribution in [0.2, 0.25) is 0 Å². The lowest BCUT2D eigenvalue weighted by atomic mass is 9.71. The fourth-order valence-corrected chi connectivity index (χ4v) is 3.79. The van der Waals surface area contributed by atoms with E-state index < -0.39 is 0 Å². The number of nitrogens with zero attached hydrogens (tertiary/aromatic N) is 2. The lowest BCUT2D eigenvalue weighted by Crippen LogP contribution is -2.44. The van der Waals surface area contributed by atoms with Crippen LogP contribution in [0, 0.1) is 11.3 Å². The molecule has 0 amide bonds. The summed E-state index contributed by atoms with van der Waals surface area (Å²) in [5.41, 5.74) is 0.286. The standard InChI is InChI=1S/C16H30N2O2/c1-16(2)6-5-15(20)12(8-16)9-18-11-14(19)7-13(18)10-17(3)4/h12-14,19H,5-11H2,1-4H3. The molecule has 0 aromatic carbocycles. The third-order valence-electron chi connectivity index (χ3n) is 4.84. The van der Waals surface area contributed by atoms with Crippen LogP contribution in [-0.2, 0) is 4.79 Å². The summed E-state index contributed by atoms with van der Waals surface area (Å²) in [6.07, 6.45) is 3.35. The third kappa shape index (κ3) is 4.03. The number of hydrogen-bond donors (Lipinski definition) is 1. The van der Waals surface area contributed by atoms with Crippen LogP contribution in [0.1, 0.15) is 39.5 Å². The Morgan fingerprint density at radius 2 is 2.10 bits per heavy atom. The van der Waals surface area contributed by atoms with Crippen LogP contribution in [0.15, 0.2) is 0 Å². The molecule has 20 heavy (non-hydrogen) atoms. The number of β-amino-alcohol motifs (C(OH)–C–C–N with tert-alkyl or cyclic N) is 1. The summed E-state index contributed by atoms with van der Waals surface area (Å²) in [6, 6.07) is 0.387. The fourth-order valence-electron chi connectivity index (χ4n) is 3.79. The Kier molecular flexibility index (Phi) is 4.88. The number of ketones is 1. The first kappa shape index (κ1) is 15.9. The number of hydrogen-bond acceptors (Lipinski definition) is 4. The lowest BCUT2D eigenvalue weighted by Gasteiger charge is -2.37. The minimum Gasteiger partial charge on any atom is -0.392 e. The minimum atomic E-state index is -0.230. The zero-order valence-corrected chi connectivity index (χ0v) is 13.4. The van der Waals surface area contributed by atoms with Gasteiger partial charge in [-0.2, -0.15) is 0 Å². The van der Waals surface area contributed by atoms with Crippen molar-refractivity contribution in [3.05, 3.63) is 0 Å². The molecule has 0 spiro atoms. The quantitative estimate of drug-likeness (QED) is 0.846. The first-order valence-corrected chi connectivity index (χ1v) is 7.86. The Bertz CT molecular complexity index is 354. The molecule has 1 N–H and O–H groups in total. The summed E-state index contributed by atoms with van der Waals surface area (Å²) < 4.78 is 0. The molecule has 2 aliphatic rings. The molecule has 1 aliphatic carbocycles. The number of likely N-dealkylation sites (tertiary alicyclic amines) is 1. The minimum absolute atomic E-state index is 0.161. The van der Waals surface area contributed by atoms with E-state index in [1.54, 1.807) is 0 Å². The van der Waals surface area contributed by atoms with Gasteiger partial charge < -0.3 is 10.0 Å². The molecule has 0 aromatic heterocycles. The lowest BCUT2D eigenvalue weighted by molar-refractivity contribution is -0.127. The number of aliphatic hydroxyl groups is 1. The maximum absolute atomic E-state index is 12.2. The van der Waals surface area contributed by atoms with Gasteiger partial charge in [0.25, 0.3) is 0 Å². The van der Waals surface area contributed by atoms with Crippen LogP contribution >= 0.6 is 0 Å². The van der Waals surface area contributed by atoms with Crippen molar-refractivity contribution in [3.8, 4) is 0 Å². The van der Waals surface area contributed by atoms with Gasteiger partial charge in [-0.05, 0) is 38.8 Å². The molecule has 0 aromatic rings. The predicted octanol–water partition coefficient (Wildman–Crippen LogP) is 1.38. The number of aliphatic hydroxyl groups excluding tert-OH is 1. The van der Waals surface area contributed by atoms with Crippen molar-refractivity contribution in [1.29, 1.82) is 0 Å². The summed E-state index contributed by atoms with van der Waals surface area (Å²) >= 11 is 0. The van der Waals surface area contributed by atoms with Crippen LogP contribution < -0.4 is 0 Å². The van der Waals surface area contributed by atoms with Crippen molar-refractivity contribution in [2.24, 2.45) is 11.3 Å². The van der Waals surface area contributed by atoms with Gasteiger partial charge in [0.05, 0.1) is 6.10 Å². The van der Waals surface area contributed by atoms with Crippen LogP contribution in [0.3, 0.4) is 0 Å². The number of Topliss-reactive ketones (excluding diaryl/α,β-unsaturated/α-hetero) is 1. The van der Waals surface area contributed by atoms with E-state index in [9.17, 15) is 9.90 Å². The third-order valence-corrected chi connectivity index (χ3v) is 4.84. The molecule has 1 heterocycles. The highest BCUT2D eigenvalue weighted by Gasteiger charge is 2.38. The predicted molar refractivity (Wildman–Crippen MR) is 80.7 cm³/mol. The Balaban J connectivity index is 1.98. The average molecular weight is 282 g/mol. The van der Waals surface area contributed by atoms with Crippen molar-refractivity contribution in [2.75, 3.05) is 33.7 Å². The molecular weight excluding hydrogens is 252 g/mol. The van der Waals surface area contributed by atoms with Crippen molar-refractivity contribution in [3.63, 3.8) is 0 Å². The average Bonchev–Trinajstić information content (AvgIpc) is 2.63. The summed E-state index contributed by atoms with van der Waals surface area (Å²) in [7, 11) is 4.13. The van der Waals surface area contributed by atoms with E-state index in [4.69, 9.17) is 0 Å². The van der Waals surface area contributed by atoms with E-state index in [-0.39, 0.29) is 17.4 Å². The van der Waals surface area contributed by atoms with E-state index in [1.165, 1.54) is 0 Å². The number of rotatable bonds is 4. The normalized spacial score (nSPS) is 34.9. The van der Waals surface area contributed by atoms with Gasteiger partial charge in [0.1, 0.15) is 5.78 Å². The van der Waals surface area contributed by atoms with Gasteiger partial charge in [0.15, 0.2) is 0 Å². The molecule has 0 bridgehead atoms. The summed E-state index contributed by atoms with van der Waals surface area (Å²) in [5.74, 6) is 0.586. The number of carbonyl (C=O) groups excluding carboxylic acids is 1. The van der Waals surface area contributed by atoms with Crippen molar-refractivity contribution in [2.45, 2.75) is 51.7 Å². The Labute approximate surface area is 123 Å². The van der Waals surface area contributed by atoms with Crippen molar-refractivity contribution >= 4 is 5.78 Å². The molecule has 0 radical (unpaired) electrons. The zero-order chi connectivity index (χ0) is 14.9. The van der Waals surface area contributed by atoms with Gasteiger partial charge in [0.2, 0.25) is 0 Å². The molecule has 3 unspecified atom stereocenters.